The second-order valence-corrected chi connectivity index (χ2v) is 4.63. The van der Waals surface area contributed by atoms with Gasteiger partial charge in [0.25, 0.3) is 0 Å². The first-order valence-electron chi connectivity index (χ1n) is 3.03. The topological polar surface area (TPSA) is 80.4 Å². The van der Waals surface area contributed by atoms with Gasteiger partial charge in [0.15, 0.2) is 0 Å². The summed E-state index contributed by atoms with van der Waals surface area (Å²) in [5.41, 5.74) is 0. The summed E-state index contributed by atoms with van der Waals surface area (Å²) in [6.45, 7) is 0. The van der Waals surface area contributed by atoms with Gasteiger partial charge < -0.3 is 5.11 Å². The molecule has 4 nitrogen and oxygen atoms in total. The standard InChI is InChI=1S/C6H5Cl2NO3S/c7-4-1-3(13(9,11)12)2-5(10)6(4)8/h1-2,10H,(H2,9,11,12). The number of phenolic OH excluding ortho intramolecular Hbond substituents is 1. The maximum Gasteiger partial charge on any atom is 0.238 e. The second-order valence-electron chi connectivity index (χ2n) is 2.28. The molecule has 0 spiro atoms. The Labute approximate surface area is 84.9 Å². The number of hydrogen-bond donors (Lipinski definition) is 2. The summed E-state index contributed by atoms with van der Waals surface area (Å²) in [5, 5.41) is 13.7. The number of phenols is 1. The molecule has 1 aromatic rings. The molecule has 3 N–H and O–H groups in total. The molecule has 0 radical (unpaired) electrons. The summed E-state index contributed by atoms with van der Waals surface area (Å²) in [4.78, 5) is -0.278. The monoisotopic (exact) mass is 241 g/mol. The van der Waals surface area contributed by atoms with Gasteiger partial charge >= 0.3 is 0 Å². The number of sulfonamides is 1. The number of rotatable bonds is 1. The summed E-state index contributed by atoms with van der Waals surface area (Å²) in [5.74, 6) is -0.418. The number of halogens is 2. The largest absolute Gasteiger partial charge is 0.506 e. The first-order chi connectivity index (χ1) is 5.82. The smallest absolute Gasteiger partial charge is 0.238 e. The molecule has 0 aliphatic rings. The lowest BCUT2D eigenvalue weighted by Crippen LogP contribution is -2.11. The van der Waals surface area contributed by atoms with Crippen LogP contribution >= 0.6 is 23.2 Å². The Morgan fingerprint density at radius 2 is 1.85 bits per heavy atom. The Kier molecular flexibility index (Phi) is 2.72. The SMILES string of the molecule is NS(=O)(=O)c1cc(O)c(Cl)c(Cl)c1. The Hall–Kier alpha value is -0.490. The van der Waals surface area contributed by atoms with Gasteiger partial charge in [0.2, 0.25) is 10.0 Å². The van der Waals surface area contributed by atoms with E-state index in [1.54, 1.807) is 0 Å². The van der Waals surface area contributed by atoms with Crippen molar-refractivity contribution in [2.24, 2.45) is 5.14 Å². The molecule has 0 aliphatic carbocycles. The van der Waals surface area contributed by atoms with E-state index in [-0.39, 0.29) is 14.9 Å². The Balaban J connectivity index is 3.47. The number of aromatic hydroxyl groups is 1. The van der Waals surface area contributed by atoms with Crippen molar-refractivity contribution >= 4 is 33.2 Å². The number of hydrogen-bond acceptors (Lipinski definition) is 3. The number of benzene rings is 1. The molecule has 0 unspecified atom stereocenters. The lowest BCUT2D eigenvalue weighted by Gasteiger charge is -2.02. The van der Waals surface area contributed by atoms with Crippen LogP contribution in [0.5, 0.6) is 5.75 Å². The van der Waals surface area contributed by atoms with Crippen LogP contribution in [0.3, 0.4) is 0 Å². The van der Waals surface area contributed by atoms with Crippen LogP contribution in [-0.2, 0) is 10.0 Å². The Morgan fingerprint density at radius 3 is 2.23 bits per heavy atom. The van der Waals surface area contributed by atoms with Crippen LogP contribution in [-0.4, -0.2) is 13.5 Å². The fourth-order valence-electron chi connectivity index (χ4n) is 0.715. The molecule has 1 aromatic carbocycles. The molecular formula is C6H5Cl2NO3S. The lowest BCUT2D eigenvalue weighted by molar-refractivity contribution is 0.473. The van der Waals surface area contributed by atoms with E-state index in [2.05, 4.69) is 0 Å². The molecule has 0 fully saturated rings. The zero-order valence-corrected chi connectivity index (χ0v) is 8.49. The predicted octanol–water partition coefficient (Wildman–Crippen LogP) is 1.35. The molecule has 7 heteroatoms. The van der Waals surface area contributed by atoms with Gasteiger partial charge in [0, 0.05) is 6.07 Å². The van der Waals surface area contributed by atoms with Crippen molar-refractivity contribution in [3.8, 4) is 5.75 Å². The van der Waals surface area contributed by atoms with E-state index in [9.17, 15) is 8.42 Å². The van der Waals surface area contributed by atoms with Crippen molar-refractivity contribution < 1.29 is 13.5 Å². The quantitative estimate of drug-likeness (QED) is 0.779. The number of primary sulfonamides is 1. The molecular weight excluding hydrogens is 237 g/mol. The van der Waals surface area contributed by atoms with Gasteiger partial charge in [-0.3, -0.25) is 0 Å². The van der Waals surface area contributed by atoms with Crippen molar-refractivity contribution in [2.45, 2.75) is 4.90 Å². The molecule has 1 rings (SSSR count). The summed E-state index contributed by atoms with van der Waals surface area (Å²) >= 11 is 11.0. The highest BCUT2D eigenvalue weighted by Crippen LogP contribution is 2.33. The molecule has 0 aliphatic heterocycles. The maximum absolute atomic E-state index is 10.8. The summed E-state index contributed by atoms with van der Waals surface area (Å²) < 4.78 is 21.6. The molecule has 0 atom stereocenters. The second kappa shape index (κ2) is 3.34. The van der Waals surface area contributed by atoms with Crippen molar-refractivity contribution in [1.29, 1.82) is 0 Å². The average molecular weight is 242 g/mol. The van der Waals surface area contributed by atoms with Crippen LogP contribution in [0.25, 0.3) is 0 Å². The molecule has 13 heavy (non-hydrogen) atoms. The van der Waals surface area contributed by atoms with Gasteiger partial charge in [-0.15, -0.1) is 0 Å². The van der Waals surface area contributed by atoms with E-state index in [1.807, 2.05) is 0 Å². The van der Waals surface area contributed by atoms with Crippen molar-refractivity contribution in [3.05, 3.63) is 22.2 Å². The third-order valence-electron chi connectivity index (χ3n) is 1.31. The summed E-state index contributed by atoms with van der Waals surface area (Å²) in [6, 6.07) is 2.00. The molecule has 72 valence electrons. The molecule has 0 aromatic heterocycles. The van der Waals surface area contributed by atoms with Gasteiger partial charge in [0.05, 0.1) is 9.92 Å². The third kappa shape index (κ3) is 2.25. The zero-order valence-electron chi connectivity index (χ0n) is 6.16. The lowest BCUT2D eigenvalue weighted by atomic mass is 10.3. The van der Waals surface area contributed by atoms with E-state index in [0.717, 1.165) is 12.1 Å². The number of nitrogens with two attached hydrogens (primary N) is 1. The zero-order chi connectivity index (χ0) is 10.2. The van der Waals surface area contributed by atoms with Crippen LogP contribution in [0, 0.1) is 0 Å². The minimum Gasteiger partial charge on any atom is -0.506 e. The van der Waals surface area contributed by atoms with E-state index in [0.29, 0.717) is 0 Å². The first kappa shape index (κ1) is 10.6. The first-order valence-corrected chi connectivity index (χ1v) is 5.33. The molecule has 0 saturated heterocycles. The highest BCUT2D eigenvalue weighted by Gasteiger charge is 2.13. The van der Waals surface area contributed by atoms with Gasteiger partial charge in [-0.2, -0.15) is 0 Å². The van der Waals surface area contributed by atoms with Crippen LogP contribution in [0.1, 0.15) is 0 Å². The molecule has 0 amide bonds. The minimum absolute atomic E-state index is 0.0642. The Morgan fingerprint density at radius 1 is 1.31 bits per heavy atom. The van der Waals surface area contributed by atoms with Gasteiger partial charge in [0.1, 0.15) is 10.8 Å². The highest BCUT2D eigenvalue weighted by atomic mass is 35.5. The van der Waals surface area contributed by atoms with Gasteiger partial charge in [-0.25, -0.2) is 13.6 Å². The van der Waals surface area contributed by atoms with E-state index >= 15 is 0 Å². The van der Waals surface area contributed by atoms with Crippen molar-refractivity contribution in [3.63, 3.8) is 0 Å². The maximum atomic E-state index is 10.8. The Bertz CT molecular complexity index is 420. The van der Waals surface area contributed by atoms with Crippen molar-refractivity contribution in [2.75, 3.05) is 0 Å². The van der Waals surface area contributed by atoms with E-state index in [1.165, 1.54) is 0 Å². The van der Waals surface area contributed by atoms with Crippen LogP contribution < -0.4 is 5.14 Å². The fraction of sp³-hybridized carbons (Fsp3) is 0. The fourth-order valence-corrected chi connectivity index (χ4v) is 1.66. The van der Waals surface area contributed by atoms with Crippen molar-refractivity contribution in [1.82, 2.24) is 0 Å². The van der Waals surface area contributed by atoms with Crippen LogP contribution in [0.4, 0.5) is 0 Å². The molecule has 0 bridgehead atoms. The minimum atomic E-state index is -3.87. The normalized spacial score (nSPS) is 11.6. The average Bonchev–Trinajstić information content (AvgIpc) is 1.97. The third-order valence-corrected chi connectivity index (χ3v) is 3.00. The molecule has 0 heterocycles. The highest BCUT2D eigenvalue weighted by molar-refractivity contribution is 7.89. The summed E-state index contributed by atoms with van der Waals surface area (Å²) in [7, 11) is -3.87. The predicted molar refractivity (Wildman–Crippen MR) is 49.5 cm³/mol. The van der Waals surface area contributed by atoms with Crippen LogP contribution in [0.15, 0.2) is 17.0 Å². The summed E-state index contributed by atoms with van der Waals surface area (Å²) in [6.07, 6.45) is 0. The van der Waals surface area contributed by atoms with Gasteiger partial charge in [-0.05, 0) is 6.07 Å². The van der Waals surface area contributed by atoms with Gasteiger partial charge in [-0.1, -0.05) is 23.2 Å². The molecule has 0 saturated carbocycles. The van der Waals surface area contributed by atoms with Crippen LogP contribution in [0.2, 0.25) is 10.0 Å². The van der Waals surface area contributed by atoms with E-state index in [4.69, 9.17) is 33.4 Å². The van der Waals surface area contributed by atoms with E-state index < -0.39 is 15.8 Å².